The van der Waals surface area contributed by atoms with Crippen LogP contribution in [0.5, 0.6) is 0 Å². The van der Waals surface area contributed by atoms with Crippen molar-refractivity contribution in [3.05, 3.63) is 0 Å². The van der Waals surface area contributed by atoms with Gasteiger partial charge in [-0.05, 0) is 0 Å². The van der Waals surface area contributed by atoms with Gasteiger partial charge in [0.05, 0.1) is 0 Å². The first-order valence-electron chi connectivity index (χ1n) is 2.91. The van der Waals surface area contributed by atoms with Crippen molar-refractivity contribution in [2.45, 2.75) is 29.6 Å². The fourth-order valence-corrected chi connectivity index (χ4v) is 3.22. The van der Waals surface area contributed by atoms with Crippen LogP contribution in [0.1, 0.15) is 25.7 Å². The molecule has 0 aromatic heterocycles. The topological polar surface area (TPSA) is 0 Å². The predicted molar refractivity (Wildman–Crippen MR) is 28.2 cm³/mol. The monoisotopic (exact) mass is 211 g/mol. The van der Waals surface area contributed by atoms with E-state index in [0.29, 0.717) is 21.2 Å². The average Bonchev–Trinajstić information content (AvgIpc) is 2.14. The summed E-state index contributed by atoms with van der Waals surface area (Å²) < 4.78 is 1.21. The second kappa shape index (κ2) is 2.90. The zero-order valence-electron chi connectivity index (χ0n) is 4.78. The minimum absolute atomic E-state index is 0.604. The summed E-state index contributed by atoms with van der Waals surface area (Å²) in [5.41, 5.74) is 0. The summed E-state index contributed by atoms with van der Waals surface area (Å²) in [6.45, 7) is 0. The van der Waals surface area contributed by atoms with E-state index in [1.165, 1.54) is 16.8 Å². The molecule has 0 amide bonds. The second-order valence-corrected chi connectivity index (χ2v) is 5.11. The van der Waals surface area contributed by atoms with Crippen LogP contribution in [0.3, 0.4) is 0 Å². The summed E-state index contributed by atoms with van der Waals surface area (Å²) in [4.78, 5) is 2.41. The van der Waals surface area contributed by atoms with E-state index >= 15 is 0 Å². The molecular weight excluding hydrogens is 199 g/mol. The molecule has 0 bridgehead atoms. The molecule has 1 fully saturated rings. The van der Waals surface area contributed by atoms with E-state index in [2.05, 4.69) is 4.93 Å². The maximum atomic E-state index is 2.41. The van der Waals surface area contributed by atoms with Crippen LogP contribution >= 0.6 is 0 Å². The SMILES string of the molecule is C[I-]C1CCCC1. The van der Waals surface area contributed by atoms with Crippen LogP contribution in [0, 0.1) is 0 Å². The Morgan fingerprint density at radius 2 is 1.86 bits per heavy atom. The van der Waals surface area contributed by atoms with Gasteiger partial charge in [-0.2, -0.15) is 0 Å². The van der Waals surface area contributed by atoms with E-state index in [1.807, 2.05) is 0 Å². The first-order chi connectivity index (χ1) is 3.43. The zero-order valence-corrected chi connectivity index (χ0v) is 6.94. The molecule has 1 aliphatic rings. The van der Waals surface area contributed by atoms with Crippen molar-refractivity contribution < 1.29 is 21.2 Å². The molecule has 0 aromatic rings. The molecule has 1 saturated carbocycles. The Hall–Kier alpha value is 0.730. The number of hydrogen-bond donors (Lipinski definition) is 0. The van der Waals surface area contributed by atoms with Crippen LogP contribution in [-0.2, 0) is 0 Å². The third kappa shape index (κ3) is 1.59. The van der Waals surface area contributed by atoms with Gasteiger partial charge in [-0.15, -0.1) is 0 Å². The molecule has 0 heterocycles. The molecule has 1 rings (SSSR count). The summed E-state index contributed by atoms with van der Waals surface area (Å²) in [5, 5.41) is 0. The summed E-state index contributed by atoms with van der Waals surface area (Å²) in [5.74, 6) is 0. The summed E-state index contributed by atoms with van der Waals surface area (Å²) >= 11 is 0.604. The Balaban J connectivity index is 2.14. The molecule has 0 unspecified atom stereocenters. The second-order valence-electron chi connectivity index (χ2n) is 2.10. The van der Waals surface area contributed by atoms with Crippen molar-refractivity contribution in [1.82, 2.24) is 0 Å². The molecule has 44 valence electrons. The molecule has 0 radical (unpaired) electrons. The van der Waals surface area contributed by atoms with Gasteiger partial charge in [0.25, 0.3) is 0 Å². The molecule has 1 heteroatoms. The van der Waals surface area contributed by atoms with E-state index in [1.54, 1.807) is 12.8 Å². The molecule has 0 N–H and O–H groups in total. The molecule has 0 saturated heterocycles. The Morgan fingerprint density at radius 3 is 2.14 bits per heavy atom. The van der Waals surface area contributed by atoms with E-state index < -0.39 is 0 Å². The van der Waals surface area contributed by atoms with Crippen LogP contribution in [0.4, 0.5) is 0 Å². The summed E-state index contributed by atoms with van der Waals surface area (Å²) in [7, 11) is 0. The van der Waals surface area contributed by atoms with E-state index in [9.17, 15) is 0 Å². The van der Waals surface area contributed by atoms with Crippen LogP contribution in [0.25, 0.3) is 0 Å². The Bertz CT molecular complexity index is 46.1. The van der Waals surface area contributed by atoms with Crippen molar-refractivity contribution in [3.8, 4) is 0 Å². The normalized spacial score (nSPS) is 24.1. The van der Waals surface area contributed by atoms with Gasteiger partial charge in [-0.1, -0.05) is 0 Å². The Morgan fingerprint density at radius 1 is 1.29 bits per heavy atom. The van der Waals surface area contributed by atoms with Crippen LogP contribution in [0.2, 0.25) is 0 Å². The van der Waals surface area contributed by atoms with Gasteiger partial charge in [-0.25, -0.2) is 0 Å². The number of alkyl halides is 2. The van der Waals surface area contributed by atoms with Crippen LogP contribution in [0.15, 0.2) is 0 Å². The zero-order chi connectivity index (χ0) is 5.11. The average molecular weight is 211 g/mol. The third-order valence-electron chi connectivity index (χ3n) is 1.59. The summed E-state index contributed by atoms with van der Waals surface area (Å²) in [6.07, 6.45) is 6.17. The molecule has 7 heavy (non-hydrogen) atoms. The Labute approximate surface area is 55.9 Å². The molecule has 0 atom stereocenters. The minimum atomic E-state index is 0.604. The quantitative estimate of drug-likeness (QED) is 0.371. The van der Waals surface area contributed by atoms with Crippen molar-refractivity contribution >= 4 is 0 Å². The predicted octanol–water partition coefficient (Wildman–Crippen LogP) is -1.35. The number of halogens is 1. The third-order valence-corrected chi connectivity index (χ3v) is 4.60. The molecular formula is C6H12I-. The van der Waals surface area contributed by atoms with Crippen LogP contribution in [-0.4, -0.2) is 8.86 Å². The standard InChI is InChI=1S/C6H12I/c1-7-6-4-2-3-5-6/h6H,2-5H2,1H3/q-1. The first kappa shape index (κ1) is 5.86. The van der Waals surface area contributed by atoms with E-state index in [0.717, 1.165) is 0 Å². The fraction of sp³-hybridized carbons (Fsp3) is 1.00. The molecule has 0 spiro atoms. The van der Waals surface area contributed by atoms with E-state index in [-0.39, 0.29) is 0 Å². The maximum absolute atomic E-state index is 2.41. The van der Waals surface area contributed by atoms with Crippen LogP contribution < -0.4 is 21.2 Å². The van der Waals surface area contributed by atoms with Gasteiger partial charge in [0, 0.05) is 0 Å². The van der Waals surface area contributed by atoms with E-state index in [4.69, 9.17) is 0 Å². The van der Waals surface area contributed by atoms with Crippen molar-refractivity contribution in [2.75, 3.05) is 4.93 Å². The summed E-state index contributed by atoms with van der Waals surface area (Å²) in [6, 6.07) is 0. The van der Waals surface area contributed by atoms with Gasteiger partial charge in [-0.3, -0.25) is 0 Å². The molecule has 0 nitrogen and oxygen atoms in total. The van der Waals surface area contributed by atoms with Gasteiger partial charge in [0.1, 0.15) is 0 Å². The van der Waals surface area contributed by atoms with Crippen molar-refractivity contribution in [3.63, 3.8) is 0 Å². The first-order valence-corrected chi connectivity index (χ1v) is 6.32. The number of rotatable bonds is 1. The van der Waals surface area contributed by atoms with Gasteiger partial charge >= 0.3 is 55.7 Å². The molecule has 0 aliphatic heterocycles. The van der Waals surface area contributed by atoms with Gasteiger partial charge < -0.3 is 0 Å². The fourth-order valence-electron chi connectivity index (χ4n) is 1.09. The van der Waals surface area contributed by atoms with Gasteiger partial charge in [0.15, 0.2) is 0 Å². The molecule has 1 aliphatic carbocycles. The molecule has 0 aromatic carbocycles. The Kier molecular flexibility index (Phi) is 2.43. The van der Waals surface area contributed by atoms with Gasteiger partial charge in [0.2, 0.25) is 0 Å². The van der Waals surface area contributed by atoms with Crippen molar-refractivity contribution in [2.24, 2.45) is 0 Å². The van der Waals surface area contributed by atoms with Crippen molar-refractivity contribution in [1.29, 1.82) is 0 Å². The number of hydrogen-bond acceptors (Lipinski definition) is 0.